The van der Waals surface area contributed by atoms with E-state index in [9.17, 15) is 9.59 Å². The van der Waals surface area contributed by atoms with Crippen molar-refractivity contribution in [3.05, 3.63) is 35.4 Å². The Bertz CT molecular complexity index is 794. The fourth-order valence-corrected chi connectivity index (χ4v) is 4.34. The van der Waals surface area contributed by atoms with Gasteiger partial charge in [0, 0.05) is 11.0 Å². The molecule has 7 heteroatoms. The number of esters is 1. The molecule has 134 valence electrons. The molecule has 25 heavy (non-hydrogen) atoms. The van der Waals surface area contributed by atoms with Crippen molar-refractivity contribution in [3.8, 4) is 0 Å². The van der Waals surface area contributed by atoms with Gasteiger partial charge in [-0.15, -0.1) is 17.0 Å². The minimum Gasteiger partial charge on any atom is -0.448 e. The highest BCUT2D eigenvalue weighted by atomic mass is 79.9. The first-order chi connectivity index (χ1) is 11.2. The van der Waals surface area contributed by atoms with Crippen molar-refractivity contribution in [1.82, 2.24) is 10.4 Å². The van der Waals surface area contributed by atoms with Crippen LogP contribution in [0.3, 0.4) is 0 Å². The first kappa shape index (κ1) is 17.9. The number of carbonyl (C=O) groups is 2. The van der Waals surface area contributed by atoms with Crippen LogP contribution in [0.15, 0.2) is 24.3 Å². The van der Waals surface area contributed by atoms with E-state index in [1.807, 2.05) is 45.0 Å². The third-order valence-corrected chi connectivity index (χ3v) is 6.56. The van der Waals surface area contributed by atoms with Gasteiger partial charge in [0.25, 0.3) is 5.91 Å². The predicted octanol–water partition coefficient (Wildman–Crippen LogP) is 2.56. The number of amidine groups is 1. The van der Waals surface area contributed by atoms with Gasteiger partial charge in [0.05, 0.1) is 12.0 Å². The van der Waals surface area contributed by atoms with Gasteiger partial charge in [-0.1, -0.05) is 38.1 Å². The van der Waals surface area contributed by atoms with Crippen LogP contribution in [0.25, 0.3) is 0 Å². The zero-order chi connectivity index (χ0) is 17.3. The molecule has 1 aromatic rings. The molecule has 0 spiro atoms. The molecule has 1 aliphatic carbocycles. The zero-order valence-electron chi connectivity index (χ0n) is 14.5. The lowest BCUT2D eigenvalue weighted by atomic mass is 9.66. The standard InChI is InChI=1S/C18H21N3O3.BrH/c1-16(2)17(3)8-9-18(16,24-15(17)23)14(22)20-21-10-11-6-4-5-7-12(11)13(21)19;/h4-7,19H,8-10H2,1-3H3,(H,20,22);1H. The van der Waals surface area contributed by atoms with Crippen molar-refractivity contribution < 1.29 is 14.3 Å². The summed E-state index contributed by atoms with van der Waals surface area (Å²) in [5, 5.41) is 9.79. The first-order valence-corrected chi connectivity index (χ1v) is 8.22. The lowest BCUT2D eigenvalue weighted by Gasteiger charge is -2.36. The van der Waals surface area contributed by atoms with Gasteiger partial charge in [0.2, 0.25) is 0 Å². The van der Waals surface area contributed by atoms with Crippen LogP contribution in [0.4, 0.5) is 0 Å². The summed E-state index contributed by atoms with van der Waals surface area (Å²) < 4.78 is 5.60. The van der Waals surface area contributed by atoms with Crippen molar-refractivity contribution in [1.29, 1.82) is 5.41 Å². The number of hydrogen-bond donors (Lipinski definition) is 2. The third kappa shape index (κ3) is 1.99. The fourth-order valence-electron chi connectivity index (χ4n) is 4.34. The number of ether oxygens (including phenoxy) is 1. The van der Waals surface area contributed by atoms with E-state index in [4.69, 9.17) is 10.1 Å². The van der Waals surface area contributed by atoms with Crippen molar-refractivity contribution in [2.24, 2.45) is 10.8 Å². The minimum atomic E-state index is -1.16. The quantitative estimate of drug-likeness (QED) is 0.737. The summed E-state index contributed by atoms with van der Waals surface area (Å²) in [6, 6.07) is 7.61. The highest BCUT2D eigenvalue weighted by Crippen LogP contribution is 2.65. The second-order valence-corrected chi connectivity index (χ2v) is 7.71. The van der Waals surface area contributed by atoms with E-state index in [1.54, 1.807) is 0 Å². The molecule has 1 saturated heterocycles. The molecule has 1 saturated carbocycles. The Hall–Kier alpha value is -1.89. The summed E-state index contributed by atoms with van der Waals surface area (Å²) >= 11 is 0. The summed E-state index contributed by atoms with van der Waals surface area (Å²) in [5.41, 5.74) is 2.26. The number of hydrazine groups is 1. The Morgan fingerprint density at radius 1 is 1.24 bits per heavy atom. The molecule has 1 aromatic carbocycles. The van der Waals surface area contributed by atoms with Crippen molar-refractivity contribution in [2.45, 2.75) is 45.8 Å². The molecule has 2 aliphatic heterocycles. The third-order valence-electron chi connectivity index (χ3n) is 6.56. The minimum absolute atomic E-state index is 0. The van der Waals surface area contributed by atoms with Crippen LogP contribution < -0.4 is 5.43 Å². The number of rotatable bonds is 2. The van der Waals surface area contributed by atoms with Crippen molar-refractivity contribution in [2.75, 3.05) is 0 Å². The van der Waals surface area contributed by atoms with Gasteiger partial charge >= 0.3 is 5.97 Å². The molecule has 2 unspecified atom stereocenters. The van der Waals surface area contributed by atoms with E-state index in [1.165, 1.54) is 5.01 Å². The van der Waals surface area contributed by atoms with E-state index in [0.717, 1.165) is 11.1 Å². The van der Waals surface area contributed by atoms with Gasteiger partial charge in [0.1, 0.15) is 5.84 Å². The van der Waals surface area contributed by atoms with Crippen molar-refractivity contribution >= 4 is 34.7 Å². The highest BCUT2D eigenvalue weighted by Gasteiger charge is 2.75. The Morgan fingerprint density at radius 3 is 2.48 bits per heavy atom. The van der Waals surface area contributed by atoms with E-state index in [0.29, 0.717) is 19.4 Å². The lowest BCUT2D eigenvalue weighted by molar-refractivity contribution is -0.169. The number of amides is 1. The number of hydrogen-bond acceptors (Lipinski definition) is 4. The Balaban J connectivity index is 0.00000182. The number of benzene rings is 1. The summed E-state index contributed by atoms with van der Waals surface area (Å²) in [4.78, 5) is 25.4. The Morgan fingerprint density at radius 2 is 1.92 bits per heavy atom. The average molecular weight is 408 g/mol. The molecule has 0 radical (unpaired) electrons. The molecule has 2 fully saturated rings. The topological polar surface area (TPSA) is 82.5 Å². The second kappa shape index (κ2) is 5.30. The summed E-state index contributed by atoms with van der Waals surface area (Å²) in [5.74, 6) is -0.369. The van der Waals surface area contributed by atoms with Crippen molar-refractivity contribution in [3.63, 3.8) is 0 Å². The monoisotopic (exact) mass is 407 g/mol. The van der Waals surface area contributed by atoms with Crippen LogP contribution in [0, 0.1) is 16.2 Å². The molecule has 2 N–H and O–H groups in total. The maximum Gasteiger partial charge on any atom is 0.313 e. The van der Waals surface area contributed by atoms with Crippen LogP contribution in [0.1, 0.15) is 44.7 Å². The van der Waals surface area contributed by atoms with Crippen LogP contribution in [0.2, 0.25) is 0 Å². The fraction of sp³-hybridized carbons (Fsp3) is 0.500. The van der Waals surface area contributed by atoms with E-state index in [2.05, 4.69) is 5.43 Å². The van der Waals surface area contributed by atoms with Crippen LogP contribution in [0.5, 0.6) is 0 Å². The first-order valence-electron chi connectivity index (χ1n) is 8.22. The van der Waals surface area contributed by atoms with Gasteiger partial charge in [-0.3, -0.25) is 25.4 Å². The molecule has 4 rings (SSSR count). The zero-order valence-corrected chi connectivity index (χ0v) is 16.2. The summed E-state index contributed by atoms with van der Waals surface area (Å²) in [7, 11) is 0. The van der Waals surface area contributed by atoms with E-state index in [-0.39, 0.29) is 34.7 Å². The number of nitrogens with zero attached hydrogens (tertiary/aromatic N) is 1. The molecule has 6 nitrogen and oxygen atoms in total. The van der Waals surface area contributed by atoms with Crippen LogP contribution in [-0.2, 0) is 20.9 Å². The van der Waals surface area contributed by atoms with Crippen LogP contribution in [-0.4, -0.2) is 28.3 Å². The number of carbonyl (C=O) groups excluding carboxylic acids is 2. The van der Waals surface area contributed by atoms with Gasteiger partial charge in [-0.25, -0.2) is 0 Å². The SMILES string of the molecule is Br.CC12CCC(C(=O)NN3Cc4ccccc4C3=N)(OC1=O)C2(C)C. The average Bonchev–Trinajstić information content (AvgIpc) is 3.01. The summed E-state index contributed by atoms with van der Waals surface area (Å²) in [6.45, 7) is 6.18. The van der Waals surface area contributed by atoms with Gasteiger partial charge in [0.15, 0.2) is 5.60 Å². The molecule has 3 aliphatic rings. The second-order valence-electron chi connectivity index (χ2n) is 7.71. The Kier molecular flexibility index (Phi) is 3.80. The van der Waals surface area contributed by atoms with Gasteiger partial charge < -0.3 is 4.74 Å². The smallest absolute Gasteiger partial charge is 0.313 e. The highest BCUT2D eigenvalue weighted by molar-refractivity contribution is 8.93. The molecule has 2 heterocycles. The Labute approximate surface area is 157 Å². The number of nitrogens with one attached hydrogen (secondary N) is 2. The molecule has 2 bridgehead atoms. The van der Waals surface area contributed by atoms with Gasteiger partial charge in [-0.05, 0) is 25.3 Å². The molecule has 1 amide bonds. The van der Waals surface area contributed by atoms with Crippen LogP contribution >= 0.6 is 17.0 Å². The van der Waals surface area contributed by atoms with Gasteiger partial charge in [-0.2, -0.15) is 0 Å². The lowest BCUT2D eigenvalue weighted by Crippen LogP contribution is -2.57. The maximum atomic E-state index is 13.1. The molecular weight excluding hydrogens is 386 g/mol. The normalized spacial score (nSPS) is 31.4. The molecular formula is C18H22BrN3O3. The number of fused-ring (bicyclic) bond motifs is 3. The largest absolute Gasteiger partial charge is 0.448 e. The molecule has 0 aromatic heterocycles. The van der Waals surface area contributed by atoms with E-state index < -0.39 is 16.4 Å². The number of halogens is 1. The molecule has 2 atom stereocenters. The maximum absolute atomic E-state index is 13.1. The van der Waals surface area contributed by atoms with E-state index >= 15 is 0 Å². The summed E-state index contributed by atoms with van der Waals surface area (Å²) in [6.07, 6.45) is 1.16. The predicted molar refractivity (Wildman–Crippen MR) is 97.2 cm³/mol.